The molecule has 12 nitrogen and oxygen atoms in total. The Morgan fingerprint density at radius 1 is 0.479 bits per heavy atom. The number of nitrogen functional groups attached to an aromatic ring is 2. The van der Waals surface area contributed by atoms with E-state index in [1.54, 1.807) is 72.8 Å². The first-order valence-electron chi connectivity index (χ1n) is 14.2. The van der Waals surface area contributed by atoms with Crippen LogP contribution in [0.3, 0.4) is 0 Å². The second-order valence-corrected chi connectivity index (χ2v) is 13.4. The van der Waals surface area contributed by atoms with Crippen molar-refractivity contribution in [1.29, 1.82) is 0 Å². The SMILES string of the molecule is Nc1c(N=Nc2ccc(/C=C\c3ccc(N=Nc4cc(S(=O)(=O)O)c5ccccc5c4N)cc3)cc2)cc(S(=O)(=O)O)c2ccccc12. The van der Waals surface area contributed by atoms with Crippen LogP contribution in [0.4, 0.5) is 34.1 Å². The fourth-order valence-electron chi connectivity index (χ4n) is 5.01. The highest BCUT2D eigenvalue weighted by molar-refractivity contribution is 7.86. The van der Waals surface area contributed by atoms with Crippen LogP contribution >= 0.6 is 0 Å². The van der Waals surface area contributed by atoms with Gasteiger partial charge in [-0.2, -0.15) is 27.1 Å². The summed E-state index contributed by atoms with van der Waals surface area (Å²) in [7, 11) is -9.05. The average molecular weight is 679 g/mol. The van der Waals surface area contributed by atoms with Crippen molar-refractivity contribution in [2.24, 2.45) is 20.5 Å². The molecule has 0 aliphatic carbocycles. The summed E-state index contributed by atoms with van der Waals surface area (Å²) in [5.41, 5.74) is 15.9. The van der Waals surface area contributed by atoms with E-state index in [-0.39, 0.29) is 43.3 Å². The van der Waals surface area contributed by atoms with E-state index in [1.807, 2.05) is 36.4 Å². The number of hydrogen-bond acceptors (Lipinski definition) is 10. The van der Waals surface area contributed by atoms with Gasteiger partial charge in [-0.15, -0.1) is 10.2 Å². The predicted molar refractivity (Wildman–Crippen MR) is 187 cm³/mol. The molecule has 0 atom stereocenters. The minimum Gasteiger partial charge on any atom is -0.396 e. The summed E-state index contributed by atoms with van der Waals surface area (Å²) in [6.45, 7) is 0. The Morgan fingerprint density at radius 2 is 0.812 bits per heavy atom. The van der Waals surface area contributed by atoms with E-state index in [2.05, 4.69) is 20.5 Å². The Kier molecular flexibility index (Phi) is 8.56. The normalized spacial score (nSPS) is 12.6. The quantitative estimate of drug-likeness (QED) is 0.0528. The van der Waals surface area contributed by atoms with Crippen LogP contribution < -0.4 is 11.5 Å². The first kappa shape index (κ1) is 32.2. The largest absolute Gasteiger partial charge is 0.396 e. The van der Waals surface area contributed by atoms with Crippen LogP contribution in [0.5, 0.6) is 0 Å². The molecule has 14 heteroatoms. The van der Waals surface area contributed by atoms with E-state index in [0.29, 0.717) is 22.1 Å². The van der Waals surface area contributed by atoms with Crippen molar-refractivity contribution in [2.45, 2.75) is 9.79 Å². The molecule has 0 saturated carbocycles. The van der Waals surface area contributed by atoms with Crippen molar-refractivity contribution >= 4 is 88.1 Å². The van der Waals surface area contributed by atoms with Crippen molar-refractivity contribution in [1.82, 2.24) is 0 Å². The molecule has 0 amide bonds. The summed E-state index contributed by atoms with van der Waals surface area (Å²) in [6, 6.07) is 29.7. The Morgan fingerprint density at radius 3 is 1.15 bits per heavy atom. The molecule has 0 aliphatic rings. The smallest absolute Gasteiger partial charge is 0.295 e. The molecule has 240 valence electrons. The zero-order valence-electron chi connectivity index (χ0n) is 24.8. The van der Waals surface area contributed by atoms with Gasteiger partial charge in [0, 0.05) is 21.5 Å². The number of azo groups is 2. The average Bonchev–Trinajstić information content (AvgIpc) is 3.07. The highest BCUT2D eigenvalue weighted by Crippen LogP contribution is 2.38. The fourth-order valence-corrected chi connectivity index (χ4v) is 6.45. The Labute approximate surface area is 275 Å². The van der Waals surface area contributed by atoms with Gasteiger partial charge in [0.05, 0.1) is 22.7 Å². The van der Waals surface area contributed by atoms with E-state index in [0.717, 1.165) is 11.1 Å². The zero-order chi connectivity index (χ0) is 34.1. The zero-order valence-corrected chi connectivity index (χ0v) is 26.5. The maximum absolute atomic E-state index is 12.0. The van der Waals surface area contributed by atoms with E-state index in [4.69, 9.17) is 11.5 Å². The number of nitrogens with two attached hydrogens (primary N) is 2. The number of anilines is 2. The van der Waals surface area contributed by atoms with Crippen LogP contribution in [0.1, 0.15) is 11.1 Å². The third-order valence-corrected chi connectivity index (χ3v) is 9.20. The second-order valence-electron chi connectivity index (χ2n) is 10.6. The van der Waals surface area contributed by atoms with Crippen molar-refractivity contribution in [2.75, 3.05) is 11.5 Å². The predicted octanol–water partition coefficient (Wildman–Crippen LogP) is 8.65. The summed E-state index contributed by atoms with van der Waals surface area (Å²) < 4.78 is 67.3. The van der Waals surface area contributed by atoms with Gasteiger partial charge < -0.3 is 11.5 Å². The van der Waals surface area contributed by atoms with Crippen molar-refractivity contribution in [3.63, 3.8) is 0 Å². The summed E-state index contributed by atoms with van der Waals surface area (Å²) in [5, 5.41) is 18.1. The molecule has 0 radical (unpaired) electrons. The van der Waals surface area contributed by atoms with Crippen LogP contribution in [0.25, 0.3) is 33.7 Å². The minimum atomic E-state index is -4.52. The number of hydrogen-bond donors (Lipinski definition) is 4. The first-order valence-corrected chi connectivity index (χ1v) is 17.1. The molecule has 0 spiro atoms. The lowest BCUT2D eigenvalue weighted by Gasteiger charge is -2.09. The molecule has 0 fully saturated rings. The van der Waals surface area contributed by atoms with E-state index in [1.165, 1.54) is 12.1 Å². The molecular formula is C34H26N6O6S2. The Hall–Kier alpha value is -5.80. The third-order valence-electron chi connectivity index (χ3n) is 7.41. The third kappa shape index (κ3) is 6.82. The van der Waals surface area contributed by atoms with Gasteiger partial charge in [0.15, 0.2) is 0 Å². The molecule has 0 heterocycles. The fraction of sp³-hybridized carbons (Fsp3) is 0. The van der Waals surface area contributed by atoms with E-state index >= 15 is 0 Å². The molecule has 0 aliphatic heterocycles. The van der Waals surface area contributed by atoms with Gasteiger partial charge in [-0.3, -0.25) is 9.11 Å². The maximum atomic E-state index is 12.0. The number of nitrogens with zero attached hydrogens (tertiary/aromatic N) is 4. The van der Waals surface area contributed by atoms with Crippen LogP contribution in [0, 0.1) is 0 Å². The standard InChI is InChI=1S/C34H26N6O6S2/c35-33-27-7-3-1-5-25(27)31(47(41,42)43)19-29(33)39-37-23-15-11-21(12-16-23)9-10-22-13-17-24(18-14-22)38-40-30-20-32(48(44,45)46)26-6-2-4-8-28(26)34(30)36/h1-20H,35-36H2,(H,41,42,43)(H,44,45,46)/b10-9-,39-37?,40-38?. The van der Waals surface area contributed by atoms with Gasteiger partial charge in [-0.05, 0) is 47.5 Å². The van der Waals surface area contributed by atoms with Gasteiger partial charge in [0.1, 0.15) is 21.2 Å². The molecule has 0 bridgehead atoms. The first-order chi connectivity index (χ1) is 22.9. The molecule has 0 aromatic heterocycles. The number of fused-ring (bicyclic) bond motifs is 2. The van der Waals surface area contributed by atoms with Crippen LogP contribution in [-0.2, 0) is 20.2 Å². The van der Waals surface area contributed by atoms with Crippen LogP contribution in [-0.4, -0.2) is 25.9 Å². The van der Waals surface area contributed by atoms with E-state index in [9.17, 15) is 25.9 Å². The minimum absolute atomic E-state index is 0.108. The topological polar surface area (TPSA) is 210 Å². The second kappa shape index (κ2) is 12.8. The highest BCUT2D eigenvalue weighted by atomic mass is 32.2. The van der Waals surface area contributed by atoms with Crippen LogP contribution in [0.2, 0.25) is 0 Å². The molecule has 6 rings (SSSR count). The highest BCUT2D eigenvalue weighted by Gasteiger charge is 2.19. The van der Waals surface area contributed by atoms with Gasteiger partial charge in [-0.1, -0.05) is 84.9 Å². The molecular weight excluding hydrogens is 653 g/mol. The monoisotopic (exact) mass is 678 g/mol. The van der Waals surface area contributed by atoms with Gasteiger partial charge >= 0.3 is 0 Å². The molecule has 6 N–H and O–H groups in total. The molecule has 6 aromatic rings. The Balaban J connectivity index is 1.16. The van der Waals surface area contributed by atoms with Gasteiger partial charge in [0.2, 0.25) is 0 Å². The lowest BCUT2D eigenvalue weighted by atomic mass is 10.1. The summed E-state index contributed by atoms with van der Waals surface area (Å²) in [6.07, 6.45) is 3.79. The maximum Gasteiger partial charge on any atom is 0.295 e. The Bertz CT molecular complexity index is 2340. The molecule has 0 saturated heterocycles. The lowest BCUT2D eigenvalue weighted by Crippen LogP contribution is -2.01. The summed E-state index contributed by atoms with van der Waals surface area (Å²) in [5.74, 6) is 0. The number of benzene rings is 6. The van der Waals surface area contributed by atoms with Crippen molar-refractivity contribution in [3.05, 3.63) is 120 Å². The van der Waals surface area contributed by atoms with Crippen molar-refractivity contribution < 1.29 is 25.9 Å². The summed E-state index contributed by atoms with van der Waals surface area (Å²) in [4.78, 5) is -0.608. The molecule has 0 unspecified atom stereocenters. The number of rotatable bonds is 8. The van der Waals surface area contributed by atoms with Crippen molar-refractivity contribution in [3.8, 4) is 0 Å². The van der Waals surface area contributed by atoms with Gasteiger partial charge in [0.25, 0.3) is 20.2 Å². The lowest BCUT2D eigenvalue weighted by molar-refractivity contribution is 0.482. The molecule has 6 aromatic carbocycles. The van der Waals surface area contributed by atoms with Gasteiger partial charge in [-0.25, -0.2) is 0 Å². The van der Waals surface area contributed by atoms with E-state index < -0.39 is 20.2 Å². The van der Waals surface area contributed by atoms with Crippen LogP contribution in [0.15, 0.2) is 139 Å². The molecule has 48 heavy (non-hydrogen) atoms. The summed E-state index contributed by atoms with van der Waals surface area (Å²) >= 11 is 0.